The van der Waals surface area contributed by atoms with Crippen LogP contribution in [0.3, 0.4) is 0 Å². The van der Waals surface area contributed by atoms with E-state index >= 15 is 0 Å². The molecule has 0 spiro atoms. The van der Waals surface area contributed by atoms with Crippen molar-refractivity contribution in [2.75, 3.05) is 0 Å². The van der Waals surface area contributed by atoms with E-state index in [1.165, 1.54) is 31.2 Å². The van der Waals surface area contributed by atoms with Gasteiger partial charge < -0.3 is 4.52 Å². The number of para-hydroxylation sites is 1. The molecule has 0 bridgehead atoms. The lowest BCUT2D eigenvalue weighted by atomic mass is 10.1. The summed E-state index contributed by atoms with van der Waals surface area (Å²) in [5.41, 5.74) is 1.32. The zero-order valence-electron chi connectivity index (χ0n) is 8.83. The molecule has 2 heteroatoms. The highest BCUT2D eigenvalue weighted by molar-refractivity contribution is 7.10. The Labute approximate surface area is 89.2 Å². The summed E-state index contributed by atoms with van der Waals surface area (Å²) in [5, 5.41) is 0. The van der Waals surface area contributed by atoms with Crippen LogP contribution >= 0.6 is 9.47 Å². The lowest BCUT2D eigenvalue weighted by Crippen LogP contribution is -1.88. The van der Waals surface area contributed by atoms with E-state index in [4.69, 9.17) is 4.52 Å². The standard InChI is InChI=1S/C12H19OP/c1-2-3-4-5-8-11-9-6-7-10-12(11)13-14/h6-7,9-10H,2-5,8,14H2,1H3. The van der Waals surface area contributed by atoms with Crippen LogP contribution in [-0.2, 0) is 6.42 Å². The van der Waals surface area contributed by atoms with Gasteiger partial charge in [0, 0.05) is 0 Å². The zero-order chi connectivity index (χ0) is 10.2. The quantitative estimate of drug-likeness (QED) is 0.509. The summed E-state index contributed by atoms with van der Waals surface area (Å²) in [4.78, 5) is 0. The average molecular weight is 210 g/mol. The fraction of sp³-hybridized carbons (Fsp3) is 0.500. The van der Waals surface area contributed by atoms with E-state index in [2.05, 4.69) is 28.5 Å². The van der Waals surface area contributed by atoms with Crippen molar-refractivity contribution in [2.45, 2.75) is 39.0 Å². The summed E-state index contributed by atoms with van der Waals surface area (Å²) in [6, 6.07) is 8.24. The second kappa shape index (κ2) is 6.84. The highest BCUT2D eigenvalue weighted by Gasteiger charge is 2.00. The van der Waals surface area contributed by atoms with Crippen molar-refractivity contribution in [1.29, 1.82) is 0 Å². The normalized spacial score (nSPS) is 10.1. The molecule has 0 aliphatic heterocycles. The Morgan fingerprint density at radius 1 is 1.14 bits per heavy atom. The van der Waals surface area contributed by atoms with Crippen molar-refractivity contribution in [3.63, 3.8) is 0 Å². The molecule has 1 nitrogen and oxygen atoms in total. The van der Waals surface area contributed by atoms with Gasteiger partial charge in [-0.3, -0.25) is 0 Å². The van der Waals surface area contributed by atoms with Gasteiger partial charge in [0.15, 0.2) is 0 Å². The summed E-state index contributed by atoms with van der Waals surface area (Å²) in [6.45, 7) is 2.24. The number of aryl methyl sites for hydroxylation is 1. The lowest BCUT2D eigenvalue weighted by molar-refractivity contribution is 0.616. The van der Waals surface area contributed by atoms with E-state index in [1.807, 2.05) is 12.1 Å². The van der Waals surface area contributed by atoms with Crippen LogP contribution in [0.5, 0.6) is 5.75 Å². The van der Waals surface area contributed by atoms with Gasteiger partial charge in [-0.25, -0.2) is 0 Å². The van der Waals surface area contributed by atoms with E-state index < -0.39 is 0 Å². The molecule has 0 N–H and O–H groups in total. The van der Waals surface area contributed by atoms with E-state index in [-0.39, 0.29) is 0 Å². The monoisotopic (exact) mass is 210 g/mol. The Morgan fingerprint density at radius 3 is 2.64 bits per heavy atom. The molecule has 1 rings (SSSR count). The Morgan fingerprint density at radius 2 is 1.93 bits per heavy atom. The Balaban J connectivity index is 2.41. The molecule has 78 valence electrons. The minimum Gasteiger partial charge on any atom is -0.480 e. The summed E-state index contributed by atoms with van der Waals surface area (Å²) in [5.74, 6) is 0.994. The van der Waals surface area contributed by atoms with Crippen LogP contribution < -0.4 is 4.52 Å². The maximum Gasteiger partial charge on any atom is 0.125 e. The maximum absolute atomic E-state index is 5.22. The van der Waals surface area contributed by atoms with Gasteiger partial charge in [-0.2, -0.15) is 0 Å². The molecule has 1 aromatic rings. The van der Waals surface area contributed by atoms with Gasteiger partial charge in [-0.05, 0) is 24.5 Å². The lowest BCUT2D eigenvalue weighted by Gasteiger charge is -2.06. The molecular formula is C12H19OP. The van der Waals surface area contributed by atoms with Crippen LogP contribution in [0.4, 0.5) is 0 Å². The minimum atomic E-state index is 0.994. The van der Waals surface area contributed by atoms with E-state index in [0.29, 0.717) is 0 Å². The largest absolute Gasteiger partial charge is 0.480 e. The Bertz CT molecular complexity index is 260. The van der Waals surface area contributed by atoms with Gasteiger partial charge in [-0.15, -0.1) is 0 Å². The second-order valence-electron chi connectivity index (χ2n) is 3.54. The van der Waals surface area contributed by atoms with Gasteiger partial charge in [0.2, 0.25) is 0 Å². The number of hydrogen-bond donors (Lipinski definition) is 0. The van der Waals surface area contributed by atoms with E-state index in [0.717, 1.165) is 12.2 Å². The number of hydrogen-bond acceptors (Lipinski definition) is 1. The average Bonchev–Trinajstić information content (AvgIpc) is 2.25. The summed E-state index contributed by atoms with van der Waals surface area (Å²) in [6.07, 6.45) is 6.34. The molecule has 0 amide bonds. The van der Waals surface area contributed by atoms with Crippen molar-refractivity contribution in [1.82, 2.24) is 0 Å². The highest BCUT2D eigenvalue weighted by Crippen LogP contribution is 2.21. The molecule has 0 aliphatic rings. The van der Waals surface area contributed by atoms with Gasteiger partial charge in [0.05, 0.1) is 9.47 Å². The number of rotatable bonds is 6. The molecule has 0 saturated carbocycles. The van der Waals surface area contributed by atoms with Crippen LogP contribution in [-0.4, -0.2) is 0 Å². The van der Waals surface area contributed by atoms with Crippen molar-refractivity contribution >= 4 is 9.47 Å². The predicted octanol–water partition coefficient (Wildman–Crippen LogP) is 3.98. The first-order valence-corrected chi connectivity index (χ1v) is 5.80. The zero-order valence-corrected chi connectivity index (χ0v) is 9.99. The molecular weight excluding hydrogens is 191 g/mol. The Kier molecular flexibility index (Phi) is 5.63. The summed E-state index contributed by atoms with van der Waals surface area (Å²) in [7, 11) is 2.31. The number of benzene rings is 1. The van der Waals surface area contributed by atoms with Gasteiger partial charge >= 0.3 is 0 Å². The second-order valence-corrected chi connectivity index (χ2v) is 3.77. The molecule has 0 fully saturated rings. The minimum absolute atomic E-state index is 0.994. The van der Waals surface area contributed by atoms with Gasteiger partial charge in [-0.1, -0.05) is 44.4 Å². The van der Waals surface area contributed by atoms with Crippen LogP contribution in [0.15, 0.2) is 24.3 Å². The maximum atomic E-state index is 5.22. The molecule has 0 radical (unpaired) electrons. The van der Waals surface area contributed by atoms with Gasteiger partial charge in [0.1, 0.15) is 5.75 Å². The summed E-state index contributed by atoms with van der Waals surface area (Å²) < 4.78 is 5.22. The van der Waals surface area contributed by atoms with Crippen molar-refractivity contribution in [2.24, 2.45) is 0 Å². The molecule has 1 unspecified atom stereocenters. The topological polar surface area (TPSA) is 9.23 Å². The fourth-order valence-corrected chi connectivity index (χ4v) is 1.80. The van der Waals surface area contributed by atoms with Crippen molar-refractivity contribution in [3.8, 4) is 5.75 Å². The summed E-state index contributed by atoms with van der Waals surface area (Å²) >= 11 is 0. The first-order chi connectivity index (χ1) is 6.88. The van der Waals surface area contributed by atoms with E-state index in [9.17, 15) is 0 Å². The number of unbranched alkanes of at least 4 members (excludes halogenated alkanes) is 3. The van der Waals surface area contributed by atoms with Crippen molar-refractivity contribution < 1.29 is 4.52 Å². The van der Waals surface area contributed by atoms with Crippen LogP contribution in [0.2, 0.25) is 0 Å². The van der Waals surface area contributed by atoms with Crippen molar-refractivity contribution in [3.05, 3.63) is 29.8 Å². The Hall–Kier alpha value is -0.550. The first kappa shape index (κ1) is 11.5. The molecule has 1 atom stereocenters. The first-order valence-electron chi connectivity index (χ1n) is 5.33. The van der Waals surface area contributed by atoms with Crippen LogP contribution in [0, 0.1) is 0 Å². The molecule has 0 heterocycles. The van der Waals surface area contributed by atoms with Crippen LogP contribution in [0.25, 0.3) is 0 Å². The molecule has 1 aromatic carbocycles. The highest BCUT2D eigenvalue weighted by atomic mass is 31.0. The van der Waals surface area contributed by atoms with E-state index in [1.54, 1.807) is 0 Å². The fourth-order valence-electron chi connectivity index (χ4n) is 1.57. The molecule has 0 aromatic heterocycles. The molecule has 0 saturated heterocycles. The third-order valence-electron chi connectivity index (χ3n) is 2.40. The van der Waals surface area contributed by atoms with Crippen LogP contribution in [0.1, 0.15) is 38.2 Å². The molecule has 0 aliphatic carbocycles. The molecule has 14 heavy (non-hydrogen) atoms. The van der Waals surface area contributed by atoms with Gasteiger partial charge in [0.25, 0.3) is 0 Å². The smallest absolute Gasteiger partial charge is 0.125 e. The SMILES string of the molecule is CCCCCCc1ccccc1OP. The predicted molar refractivity (Wildman–Crippen MR) is 64.6 cm³/mol. The third-order valence-corrected chi connectivity index (χ3v) is 2.65. The third kappa shape index (κ3) is 3.67.